The summed E-state index contributed by atoms with van der Waals surface area (Å²) in [7, 11) is -3.97. The van der Waals surface area contributed by atoms with E-state index in [1.54, 1.807) is 12.1 Å². The standard InChI is InChI=1S/C26H21O4P/c27-31(28-24-19-11-4-12-20-24)29-25(21-13-5-1-6-14-21)26(30-31,22-15-7-2-8-16-22)23-17-9-3-10-18-23/h1-20,25H. The molecule has 1 aliphatic heterocycles. The van der Waals surface area contributed by atoms with Crippen LogP contribution in [0.3, 0.4) is 0 Å². The first-order chi connectivity index (χ1) is 15.2. The fourth-order valence-electron chi connectivity index (χ4n) is 3.97. The molecule has 0 N–H and O–H groups in total. The molecule has 1 fully saturated rings. The first-order valence-corrected chi connectivity index (χ1v) is 11.6. The number of hydrogen-bond acceptors (Lipinski definition) is 4. The molecule has 0 radical (unpaired) electrons. The Balaban J connectivity index is 1.70. The second-order valence-electron chi connectivity index (χ2n) is 7.31. The van der Waals surface area contributed by atoms with Crippen LogP contribution < -0.4 is 4.52 Å². The number of para-hydroxylation sites is 1. The van der Waals surface area contributed by atoms with E-state index in [9.17, 15) is 4.57 Å². The Kier molecular flexibility index (Phi) is 5.21. The summed E-state index contributed by atoms with van der Waals surface area (Å²) >= 11 is 0. The van der Waals surface area contributed by atoms with Crippen molar-refractivity contribution in [3.05, 3.63) is 138 Å². The van der Waals surface area contributed by atoms with E-state index in [-0.39, 0.29) is 0 Å². The van der Waals surface area contributed by atoms with Crippen LogP contribution in [-0.2, 0) is 19.2 Å². The van der Waals surface area contributed by atoms with Gasteiger partial charge in [0.25, 0.3) is 0 Å². The Labute approximate surface area is 181 Å². The molecule has 0 amide bonds. The minimum absolute atomic E-state index is 0.426. The van der Waals surface area contributed by atoms with Gasteiger partial charge in [0.05, 0.1) is 0 Å². The van der Waals surface area contributed by atoms with Crippen LogP contribution in [0, 0.1) is 0 Å². The molecule has 31 heavy (non-hydrogen) atoms. The van der Waals surface area contributed by atoms with Gasteiger partial charge in [-0.3, -0.25) is 9.05 Å². The van der Waals surface area contributed by atoms with Gasteiger partial charge >= 0.3 is 7.82 Å². The highest BCUT2D eigenvalue weighted by Crippen LogP contribution is 2.69. The molecule has 0 saturated carbocycles. The topological polar surface area (TPSA) is 44.8 Å². The molecule has 5 heteroatoms. The molecule has 0 spiro atoms. The number of phosphoric ester groups is 1. The number of benzene rings is 4. The molecular weight excluding hydrogens is 407 g/mol. The lowest BCUT2D eigenvalue weighted by atomic mass is 9.79. The van der Waals surface area contributed by atoms with Crippen molar-refractivity contribution in [3.8, 4) is 5.75 Å². The van der Waals surface area contributed by atoms with Crippen LogP contribution in [0.15, 0.2) is 121 Å². The van der Waals surface area contributed by atoms with Crippen molar-refractivity contribution in [2.75, 3.05) is 0 Å². The van der Waals surface area contributed by atoms with Gasteiger partial charge in [-0.05, 0) is 28.8 Å². The summed E-state index contributed by atoms with van der Waals surface area (Å²) in [4.78, 5) is 0. The van der Waals surface area contributed by atoms with Crippen LogP contribution in [0.5, 0.6) is 5.75 Å². The van der Waals surface area contributed by atoms with Crippen LogP contribution in [0.25, 0.3) is 0 Å². The molecule has 1 aliphatic rings. The summed E-state index contributed by atoms with van der Waals surface area (Å²) in [5.74, 6) is 0.426. The lowest BCUT2D eigenvalue weighted by Gasteiger charge is -2.33. The van der Waals surface area contributed by atoms with Crippen LogP contribution in [0.2, 0.25) is 0 Å². The van der Waals surface area contributed by atoms with E-state index < -0.39 is 19.5 Å². The molecule has 5 rings (SSSR count). The summed E-state index contributed by atoms with van der Waals surface area (Å²) in [6.45, 7) is 0. The summed E-state index contributed by atoms with van der Waals surface area (Å²) in [6.07, 6.45) is -0.673. The maximum Gasteiger partial charge on any atom is 0.532 e. The van der Waals surface area contributed by atoms with Crippen molar-refractivity contribution >= 4 is 7.82 Å². The zero-order valence-electron chi connectivity index (χ0n) is 16.7. The summed E-state index contributed by atoms with van der Waals surface area (Å²) in [5.41, 5.74) is 1.38. The predicted octanol–water partition coefficient (Wildman–Crippen LogP) is 6.91. The van der Waals surface area contributed by atoms with Gasteiger partial charge in [-0.15, -0.1) is 0 Å². The van der Waals surface area contributed by atoms with E-state index >= 15 is 0 Å². The highest BCUT2D eigenvalue weighted by Gasteiger charge is 2.60. The highest BCUT2D eigenvalue weighted by atomic mass is 31.2. The third-order valence-electron chi connectivity index (χ3n) is 5.33. The van der Waals surface area contributed by atoms with E-state index in [1.165, 1.54) is 0 Å². The van der Waals surface area contributed by atoms with Gasteiger partial charge in [-0.25, -0.2) is 4.57 Å². The molecule has 4 nitrogen and oxygen atoms in total. The highest BCUT2D eigenvalue weighted by molar-refractivity contribution is 7.49. The normalized spacial score (nSPS) is 22.1. The van der Waals surface area contributed by atoms with Gasteiger partial charge in [-0.1, -0.05) is 109 Å². The maximum atomic E-state index is 13.9. The Morgan fingerprint density at radius 2 is 1.10 bits per heavy atom. The fourth-order valence-corrected chi connectivity index (χ4v) is 5.66. The van der Waals surface area contributed by atoms with Gasteiger partial charge in [0.2, 0.25) is 0 Å². The SMILES string of the molecule is O=P1(Oc2ccccc2)OC(c2ccccc2)C(c2ccccc2)(c2ccccc2)O1. The van der Waals surface area contributed by atoms with Gasteiger partial charge in [0, 0.05) is 0 Å². The number of hydrogen-bond donors (Lipinski definition) is 0. The monoisotopic (exact) mass is 428 g/mol. The second kappa shape index (κ2) is 8.16. The zero-order chi connectivity index (χ0) is 21.2. The molecule has 154 valence electrons. The smallest absolute Gasteiger partial charge is 0.404 e. The Morgan fingerprint density at radius 3 is 1.61 bits per heavy atom. The fraction of sp³-hybridized carbons (Fsp3) is 0.0769. The summed E-state index contributed by atoms with van der Waals surface area (Å²) < 4.78 is 32.3. The van der Waals surface area contributed by atoms with Crippen LogP contribution in [-0.4, -0.2) is 0 Å². The van der Waals surface area contributed by atoms with Crippen LogP contribution in [0.1, 0.15) is 22.8 Å². The van der Waals surface area contributed by atoms with Crippen molar-refractivity contribution in [1.29, 1.82) is 0 Å². The third kappa shape index (κ3) is 3.70. The summed E-state index contributed by atoms with van der Waals surface area (Å²) in [5, 5.41) is 0. The number of phosphoric acid groups is 1. The van der Waals surface area contributed by atoms with E-state index in [2.05, 4.69) is 0 Å². The molecule has 1 saturated heterocycles. The Morgan fingerprint density at radius 1 is 0.645 bits per heavy atom. The molecule has 4 aromatic carbocycles. The molecular formula is C26H21O4P. The predicted molar refractivity (Wildman–Crippen MR) is 120 cm³/mol. The van der Waals surface area contributed by atoms with Crippen LogP contribution >= 0.6 is 7.82 Å². The Hall–Kier alpha value is -3.17. The molecule has 4 aromatic rings. The van der Waals surface area contributed by atoms with Gasteiger partial charge in [-0.2, -0.15) is 0 Å². The first kappa shape index (κ1) is 19.8. The lowest BCUT2D eigenvalue weighted by Crippen LogP contribution is -2.33. The van der Waals surface area contributed by atoms with Crippen molar-refractivity contribution < 1.29 is 18.1 Å². The second-order valence-corrected chi connectivity index (χ2v) is 8.78. The average Bonchev–Trinajstić information content (AvgIpc) is 3.15. The van der Waals surface area contributed by atoms with E-state index in [1.807, 2.05) is 109 Å². The number of rotatable bonds is 5. The molecule has 0 aromatic heterocycles. The molecule has 2 atom stereocenters. The Bertz CT molecular complexity index is 1140. The van der Waals surface area contributed by atoms with Crippen LogP contribution in [0.4, 0.5) is 0 Å². The zero-order valence-corrected chi connectivity index (χ0v) is 17.6. The van der Waals surface area contributed by atoms with Crippen molar-refractivity contribution in [2.24, 2.45) is 0 Å². The maximum absolute atomic E-state index is 13.9. The van der Waals surface area contributed by atoms with Gasteiger partial charge < -0.3 is 4.52 Å². The average molecular weight is 428 g/mol. The quantitative estimate of drug-likeness (QED) is 0.324. The van der Waals surface area contributed by atoms with Crippen molar-refractivity contribution in [2.45, 2.75) is 11.7 Å². The van der Waals surface area contributed by atoms with E-state index in [0.29, 0.717) is 5.75 Å². The minimum atomic E-state index is -3.97. The largest absolute Gasteiger partial charge is 0.532 e. The minimum Gasteiger partial charge on any atom is -0.404 e. The third-order valence-corrected chi connectivity index (χ3v) is 6.74. The first-order valence-electron chi connectivity index (χ1n) is 10.1. The molecule has 2 unspecified atom stereocenters. The van der Waals surface area contributed by atoms with E-state index in [0.717, 1.165) is 16.7 Å². The molecule has 0 aliphatic carbocycles. The van der Waals surface area contributed by atoms with Gasteiger partial charge in [0.15, 0.2) is 5.60 Å². The molecule has 1 heterocycles. The molecule has 0 bridgehead atoms. The lowest BCUT2D eigenvalue weighted by molar-refractivity contribution is 0.0721. The van der Waals surface area contributed by atoms with Crippen molar-refractivity contribution in [3.63, 3.8) is 0 Å². The van der Waals surface area contributed by atoms with Gasteiger partial charge in [0.1, 0.15) is 11.9 Å². The van der Waals surface area contributed by atoms with Crippen molar-refractivity contribution in [1.82, 2.24) is 0 Å². The summed E-state index contributed by atoms with van der Waals surface area (Å²) in [6, 6.07) is 38.1. The van der Waals surface area contributed by atoms with E-state index in [4.69, 9.17) is 13.6 Å².